The fraction of sp³-hybridized carbons (Fsp3) is 0.500. The molecule has 1 rings (SSSR count). The van der Waals surface area contributed by atoms with E-state index in [2.05, 4.69) is 36.8 Å². The number of nitrogens with zero attached hydrogens (tertiary/aromatic N) is 2. The van der Waals surface area contributed by atoms with Gasteiger partial charge in [-0.3, -0.25) is 9.88 Å². The Balaban J connectivity index is 3.22. The van der Waals surface area contributed by atoms with Crippen LogP contribution < -0.4 is 0 Å². The van der Waals surface area contributed by atoms with E-state index in [1.165, 1.54) is 6.20 Å². The fourth-order valence-electron chi connectivity index (χ4n) is 1.76. The average Bonchev–Trinajstić information content (AvgIpc) is 2.34. The van der Waals surface area contributed by atoms with Crippen LogP contribution in [0.5, 0.6) is 0 Å². The molecule has 0 aliphatic rings. The van der Waals surface area contributed by atoms with E-state index in [1.54, 1.807) is 33.8 Å². The summed E-state index contributed by atoms with van der Waals surface area (Å²) in [5, 5.41) is 9.55. The Bertz CT molecular complexity index is 572. The Morgan fingerprint density at radius 3 is 2.41 bits per heavy atom. The number of pyridine rings is 1. The maximum atomic E-state index is 12.3. The number of aromatic nitrogens is 1. The first-order chi connectivity index (χ1) is 10.1. The van der Waals surface area contributed by atoms with Crippen molar-refractivity contribution in [2.24, 2.45) is 0 Å². The van der Waals surface area contributed by atoms with Crippen LogP contribution in [0.1, 0.15) is 39.4 Å². The minimum absolute atomic E-state index is 0.177. The first-order valence-electron chi connectivity index (χ1n) is 6.60. The van der Waals surface area contributed by atoms with E-state index < -0.39 is 23.7 Å². The number of aliphatic carboxylic acids is 1. The quantitative estimate of drug-likeness (QED) is 0.770. The molecule has 0 saturated carbocycles. The molecule has 0 fully saturated rings. The summed E-state index contributed by atoms with van der Waals surface area (Å²) in [4.78, 5) is 29.2. The van der Waals surface area contributed by atoms with Crippen LogP contribution in [0.25, 0.3) is 0 Å². The maximum absolute atomic E-state index is 12.3. The number of halogens is 2. The van der Waals surface area contributed by atoms with Crippen molar-refractivity contribution in [3.63, 3.8) is 0 Å². The average molecular weight is 438 g/mol. The fourth-order valence-corrected chi connectivity index (χ4v) is 2.97. The van der Waals surface area contributed by atoms with Crippen LogP contribution >= 0.6 is 31.9 Å². The highest BCUT2D eigenvalue weighted by molar-refractivity contribution is 9.11. The number of hydrogen-bond donors (Lipinski definition) is 1. The normalized spacial score (nSPS) is 12.6. The molecule has 6 nitrogen and oxygen atoms in total. The molecule has 1 amide bonds. The van der Waals surface area contributed by atoms with Gasteiger partial charge in [0.2, 0.25) is 0 Å². The van der Waals surface area contributed by atoms with Gasteiger partial charge in [-0.25, -0.2) is 9.59 Å². The van der Waals surface area contributed by atoms with Crippen LogP contribution in [0.3, 0.4) is 0 Å². The Morgan fingerprint density at radius 1 is 1.41 bits per heavy atom. The number of hydrogen-bond acceptors (Lipinski definition) is 4. The molecule has 1 atom stereocenters. The number of ether oxygens (including phenoxy) is 1. The zero-order valence-electron chi connectivity index (χ0n) is 12.8. The molecule has 22 heavy (non-hydrogen) atoms. The zero-order valence-corrected chi connectivity index (χ0v) is 15.9. The van der Waals surface area contributed by atoms with Crippen LogP contribution in [0.15, 0.2) is 21.2 Å². The van der Waals surface area contributed by atoms with Gasteiger partial charge < -0.3 is 9.84 Å². The number of rotatable bonds is 4. The second kappa shape index (κ2) is 7.41. The van der Waals surface area contributed by atoms with E-state index in [4.69, 9.17) is 4.74 Å². The summed E-state index contributed by atoms with van der Waals surface area (Å²) in [5.74, 6) is -1.18. The molecule has 0 radical (unpaired) electrons. The molecule has 0 aliphatic carbocycles. The summed E-state index contributed by atoms with van der Waals surface area (Å²) in [5.41, 5.74) is -0.471. The topological polar surface area (TPSA) is 79.7 Å². The van der Waals surface area contributed by atoms with Crippen molar-refractivity contribution >= 4 is 43.9 Å². The first kappa shape index (κ1) is 18.9. The van der Waals surface area contributed by atoms with Gasteiger partial charge in [0.15, 0.2) is 6.04 Å². The molecule has 1 N–H and O–H groups in total. The van der Waals surface area contributed by atoms with Crippen LogP contribution in [0, 0.1) is 0 Å². The van der Waals surface area contributed by atoms with Crippen LogP contribution in [0.4, 0.5) is 4.79 Å². The minimum Gasteiger partial charge on any atom is -0.479 e. The van der Waals surface area contributed by atoms with Crippen molar-refractivity contribution in [3.8, 4) is 0 Å². The van der Waals surface area contributed by atoms with E-state index in [-0.39, 0.29) is 12.2 Å². The zero-order chi connectivity index (χ0) is 17.1. The van der Waals surface area contributed by atoms with Gasteiger partial charge in [0.25, 0.3) is 0 Å². The molecule has 1 aromatic heterocycles. The van der Waals surface area contributed by atoms with Gasteiger partial charge >= 0.3 is 12.1 Å². The summed E-state index contributed by atoms with van der Waals surface area (Å²) >= 11 is 6.55. The highest BCUT2D eigenvalue weighted by atomic mass is 79.9. The summed E-state index contributed by atoms with van der Waals surface area (Å²) in [6, 6.07) is 0.448. The largest absolute Gasteiger partial charge is 0.479 e. The number of carboxylic acids is 1. The molecule has 0 saturated heterocycles. The molecule has 0 bridgehead atoms. The highest BCUT2D eigenvalue weighted by Crippen LogP contribution is 2.29. The van der Waals surface area contributed by atoms with Crippen molar-refractivity contribution in [1.82, 2.24) is 9.88 Å². The molecule has 1 unspecified atom stereocenters. The van der Waals surface area contributed by atoms with Gasteiger partial charge in [-0.1, -0.05) is 0 Å². The van der Waals surface area contributed by atoms with Crippen molar-refractivity contribution in [2.45, 2.75) is 39.3 Å². The van der Waals surface area contributed by atoms with Crippen LogP contribution in [0.2, 0.25) is 0 Å². The summed E-state index contributed by atoms with van der Waals surface area (Å²) in [6.07, 6.45) is 0.790. The monoisotopic (exact) mass is 436 g/mol. The number of carboxylic acid groups (broad SMARTS) is 1. The molecule has 122 valence electrons. The second-order valence-corrected chi connectivity index (χ2v) is 7.30. The Labute approximate surface area is 146 Å². The lowest BCUT2D eigenvalue weighted by molar-refractivity contribution is -0.143. The van der Waals surface area contributed by atoms with E-state index in [1.807, 2.05) is 0 Å². The van der Waals surface area contributed by atoms with Gasteiger partial charge in [0.1, 0.15) is 5.60 Å². The van der Waals surface area contributed by atoms with E-state index in [0.29, 0.717) is 8.95 Å². The van der Waals surface area contributed by atoms with Crippen LogP contribution in [-0.2, 0) is 9.53 Å². The van der Waals surface area contributed by atoms with Gasteiger partial charge in [-0.2, -0.15) is 0 Å². The lowest BCUT2D eigenvalue weighted by atomic mass is 10.1. The highest BCUT2D eigenvalue weighted by Gasteiger charge is 2.35. The van der Waals surface area contributed by atoms with Crippen molar-refractivity contribution in [1.29, 1.82) is 0 Å². The number of likely N-dealkylation sites (N-methyl/N-ethyl adjacent to an activating group) is 1. The van der Waals surface area contributed by atoms with E-state index >= 15 is 0 Å². The Hall–Kier alpha value is -1.15. The predicted octanol–water partition coefficient (Wildman–Crippen LogP) is 3.99. The van der Waals surface area contributed by atoms with Crippen molar-refractivity contribution in [3.05, 3.63) is 26.9 Å². The van der Waals surface area contributed by atoms with Crippen molar-refractivity contribution in [2.75, 3.05) is 6.54 Å². The standard InChI is InChI=1S/C14H18Br2N2O4/c1-5-18(13(21)22-14(2,3)4)11(12(19)20)10-9(16)6-8(15)7-17-10/h6-7,11H,5H2,1-4H3,(H,19,20). The third kappa shape index (κ3) is 4.95. The van der Waals surface area contributed by atoms with E-state index in [0.717, 1.165) is 4.90 Å². The molecular formula is C14H18Br2N2O4. The molecule has 1 heterocycles. The van der Waals surface area contributed by atoms with Crippen LogP contribution in [-0.4, -0.2) is 39.2 Å². The molecule has 0 aliphatic heterocycles. The molecule has 0 aromatic carbocycles. The van der Waals surface area contributed by atoms with E-state index in [9.17, 15) is 14.7 Å². The minimum atomic E-state index is -1.23. The number of amides is 1. The lowest BCUT2D eigenvalue weighted by Crippen LogP contribution is -2.42. The van der Waals surface area contributed by atoms with Gasteiger partial charge in [-0.15, -0.1) is 0 Å². The lowest BCUT2D eigenvalue weighted by Gasteiger charge is -2.30. The smallest absolute Gasteiger partial charge is 0.411 e. The molecular weight excluding hydrogens is 420 g/mol. The maximum Gasteiger partial charge on any atom is 0.411 e. The van der Waals surface area contributed by atoms with Gasteiger partial charge in [-0.05, 0) is 65.6 Å². The van der Waals surface area contributed by atoms with Crippen molar-refractivity contribution < 1.29 is 19.4 Å². The summed E-state index contributed by atoms with van der Waals surface area (Å²) < 4.78 is 6.48. The number of carbonyl (C=O) groups is 2. The van der Waals surface area contributed by atoms with Gasteiger partial charge in [0, 0.05) is 21.7 Å². The Kier molecular flexibility index (Phi) is 6.37. The first-order valence-corrected chi connectivity index (χ1v) is 8.18. The summed E-state index contributed by atoms with van der Waals surface area (Å²) in [7, 11) is 0. The third-order valence-corrected chi connectivity index (χ3v) is 3.68. The Morgan fingerprint density at radius 2 is 2.00 bits per heavy atom. The SMILES string of the molecule is CCN(C(=O)OC(C)(C)C)C(C(=O)O)c1ncc(Br)cc1Br. The molecule has 1 aromatic rings. The predicted molar refractivity (Wildman–Crippen MR) is 88.6 cm³/mol. The van der Waals surface area contributed by atoms with Gasteiger partial charge in [0.05, 0.1) is 5.69 Å². The second-order valence-electron chi connectivity index (χ2n) is 5.53. The molecule has 0 spiro atoms. The number of carbonyl (C=O) groups excluding carboxylic acids is 1. The summed E-state index contributed by atoms with van der Waals surface area (Å²) in [6.45, 7) is 7.04. The third-order valence-electron chi connectivity index (χ3n) is 2.61. The molecule has 8 heteroatoms.